The molecule has 0 bridgehead atoms. The number of urea groups is 1. The van der Waals surface area contributed by atoms with Crippen molar-refractivity contribution in [2.45, 2.75) is 51.6 Å². The fraction of sp³-hybridized carbons (Fsp3) is 0.588. The van der Waals surface area contributed by atoms with Crippen LogP contribution in [0.4, 0.5) is 4.79 Å². The van der Waals surface area contributed by atoms with Gasteiger partial charge in [-0.05, 0) is 37.7 Å². The Hall–Kier alpha value is -1.89. The van der Waals surface area contributed by atoms with Crippen LogP contribution in [0.2, 0.25) is 0 Å². The van der Waals surface area contributed by atoms with Crippen LogP contribution in [0.3, 0.4) is 0 Å². The first kappa shape index (κ1) is 17.0. The molecule has 24 heavy (non-hydrogen) atoms. The van der Waals surface area contributed by atoms with E-state index in [9.17, 15) is 4.79 Å². The molecule has 7 heteroatoms. The molecule has 1 aliphatic heterocycles. The zero-order chi connectivity index (χ0) is 16.9. The third kappa shape index (κ3) is 3.77. The first-order valence-corrected chi connectivity index (χ1v) is 9.56. The molecule has 0 aliphatic carbocycles. The third-order valence-corrected chi connectivity index (χ3v) is 5.58. The van der Waals surface area contributed by atoms with Crippen molar-refractivity contribution in [2.75, 3.05) is 13.1 Å². The van der Waals surface area contributed by atoms with Gasteiger partial charge in [0.05, 0.1) is 12.2 Å². The number of amides is 2. The smallest absolute Gasteiger partial charge is 0.317 e. The Morgan fingerprint density at radius 1 is 1.42 bits per heavy atom. The minimum absolute atomic E-state index is 0.0120. The number of piperidine rings is 1. The van der Waals surface area contributed by atoms with Gasteiger partial charge in [-0.1, -0.05) is 6.92 Å². The van der Waals surface area contributed by atoms with Crippen LogP contribution in [0.1, 0.15) is 55.6 Å². The second kappa shape index (κ2) is 7.79. The molecule has 0 unspecified atom stereocenters. The van der Waals surface area contributed by atoms with Crippen LogP contribution in [0.15, 0.2) is 24.0 Å². The molecule has 1 fully saturated rings. The number of carbonyl (C=O) groups excluding carboxylic acids is 1. The number of nitrogens with zero attached hydrogens (tertiary/aromatic N) is 4. The zero-order valence-corrected chi connectivity index (χ0v) is 15.1. The van der Waals surface area contributed by atoms with E-state index in [1.165, 1.54) is 5.56 Å². The summed E-state index contributed by atoms with van der Waals surface area (Å²) in [5.74, 6) is 0.510. The minimum atomic E-state index is 0.0120. The largest absolute Gasteiger partial charge is 0.329 e. The maximum Gasteiger partial charge on any atom is 0.317 e. The van der Waals surface area contributed by atoms with Crippen molar-refractivity contribution in [3.05, 3.63) is 34.5 Å². The maximum absolute atomic E-state index is 12.5. The molecule has 6 nitrogen and oxygen atoms in total. The molecule has 130 valence electrons. The van der Waals surface area contributed by atoms with Gasteiger partial charge in [-0.15, -0.1) is 11.3 Å². The van der Waals surface area contributed by atoms with Crippen molar-refractivity contribution in [1.29, 1.82) is 0 Å². The number of nitrogens with one attached hydrogen (secondary N) is 1. The fourth-order valence-electron chi connectivity index (χ4n) is 3.16. The van der Waals surface area contributed by atoms with E-state index in [1.807, 2.05) is 21.2 Å². The van der Waals surface area contributed by atoms with Crippen molar-refractivity contribution >= 4 is 17.4 Å². The van der Waals surface area contributed by atoms with Gasteiger partial charge < -0.3 is 10.2 Å². The van der Waals surface area contributed by atoms with Gasteiger partial charge in [0.2, 0.25) is 0 Å². The summed E-state index contributed by atoms with van der Waals surface area (Å²) in [5, 5.41) is 10.4. The normalized spacial score (nSPS) is 17.0. The Labute approximate surface area is 146 Å². The highest BCUT2D eigenvalue weighted by Gasteiger charge is 2.26. The van der Waals surface area contributed by atoms with E-state index >= 15 is 0 Å². The Balaban J connectivity index is 1.53. The summed E-state index contributed by atoms with van der Waals surface area (Å²) in [5.41, 5.74) is 1.30. The highest BCUT2D eigenvalue weighted by Crippen LogP contribution is 2.28. The van der Waals surface area contributed by atoms with Gasteiger partial charge in [0.15, 0.2) is 0 Å². The summed E-state index contributed by atoms with van der Waals surface area (Å²) in [4.78, 5) is 18.8. The van der Waals surface area contributed by atoms with Crippen LogP contribution in [0.5, 0.6) is 0 Å². The number of hydrogen-bond acceptors (Lipinski definition) is 4. The highest BCUT2D eigenvalue weighted by molar-refractivity contribution is 7.09. The summed E-state index contributed by atoms with van der Waals surface area (Å²) < 4.78 is 1.97. The molecule has 3 heterocycles. The quantitative estimate of drug-likeness (QED) is 0.901. The van der Waals surface area contributed by atoms with Gasteiger partial charge in [-0.2, -0.15) is 5.10 Å². The van der Waals surface area contributed by atoms with E-state index in [4.69, 9.17) is 0 Å². The molecule has 2 aromatic heterocycles. The molecule has 0 aromatic carbocycles. The van der Waals surface area contributed by atoms with Gasteiger partial charge in [-0.3, -0.25) is 4.68 Å². The number of carbonyl (C=O) groups is 1. The van der Waals surface area contributed by atoms with Crippen molar-refractivity contribution in [3.63, 3.8) is 0 Å². The Morgan fingerprint density at radius 3 is 2.79 bits per heavy atom. The second-order valence-corrected chi connectivity index (χ2v) is 7.10. The lowest BCUT2D eigenvalue weighted by molar-refractivity contribution is 0.177. The first-order chi connectivity index (χ1) is 11.7. The van der Waals surface area contributed by atoms with Gasteiger partial charge >= 0.3 is 6.03 Å². The molecule has 0 spiro atoms. The van der Waals surface area contributed by atoms with Gasteiger partial charge in [-0.25, -0.2) is 9.78 Å². The van der Waals surface area contributed by atoms with E-state index in [1.54, 1.807) is 17.5 Å². The molecule has 1 N–H and O–H groups in total. The van der Waals surface area contributed by atoms with Crippen LogP contribution < -0.4 is 5.32 Å². The molecule has 2 aromatic rings. The van der Waals surface area contributed by atoms with E-state index in [2.05, 4.69) is 35.4 Å². The predicted molar refractivity (Wildman–Crippen MR) is 95.1 cm³/mol. The monoisotopic (exact) mass is 347 g/mol. The van der Waals surface area contributed by atoms with Crippen LogP contribution in [0.25, 0.3) is 0 Å². The molecular formula is C17H25N5OS. The number of aryl methyl sites for hydroxylation is 1. The van der Waals surface area contributed by atoms with Gasteiger partial charge in [0.1, 0.15) is 5.01 Å². The van der Waals surface area contributed by atoms with E-state index in [0.717, 1.165) is 43.9 Å². The molecule has 3 rings (SSSR count). The van der Waals surface area contributed by atoms with Gasteiger partial charge in [0, 0.05) is 37.4 Å². The third-order valence-electron chi connectivity index (χ3n) is 4.69. The lowest BCUT2D eigenvalue weighted by Gasteiger charge is -2.32. The number of likely N-dealkylation sites (tertiary alicyclic amines) is 1. The van der Waals surface area contributed by atoms with Crippen LogP contribution >= 0.6 is 11.3 Å². The molecule has 1 aliphatic rings. The highest BCUT2D eigenvalue weighted by atomic mass is 32.1. The number of thiazole rings is 1. The van der Waals surface area contributed by atoms with Crippen LogP contribution in [0, 0.1) is 0 Å². The van der Waals surface area contributed by atoms with Crippen molar-refractivity contribution < 1.29 is 4.79 Å². The predicted octanol–water partition coefficient (Wildman–Crippen LogP) is 3.40. The average molecular weight is 347 g/mol. The maximum atomic E-state index is 12.5. The number of rotatable bonds is 5. The Morgan fingerprint density at radius 2 is 2.21 bits per heavy atom. The lowest BCUT2D eigenvalue weighted by atomic mass is 9.92. The summed E-state index contributed by atoms with van der Waals surface area (Å²) in [6.07, 6.45) is 8.74. The number of aromatic nitrogens is 3. The molecule has 0 radical (unpaired) electrons. The van der Waals surface area contributed by atoms with Crippen molar-refractivity contribution in [2.24, 2.45) is 0 Å². The minimum Gasteiger partial charge on any atom is -0.329 e. The van der Waals surface area contributed by atoms with Crippen molar-refractivity contribution in [3.8, 4) is 0 Å². The average Bonchev–Trinajstić information content (AvgIpc) is 3.31. The SMILES string of the molecule is CC[C@@H](NC(=O)N1CCC(c2cnn(CC)c2)CC1)c1nccs1. The summed E-state index contributed by atoms with van der Waals surface area (Å²) in [7, 11) is 0. The summed E-state index contributed by atoms with van der Waals surface area (Å²) >= 11 is 1.59. The summed E-state index contributed by atoms with van der Waals surface area (Å²) in [6.45, 7) is 6.65. The first-order valence-electron chi connectivity index (χ1n) is 8.68. The van der Waals surface area contributed by atoms with E-state index < -0.39 is 0 Å². The zero-order valence-electron chi connectivity index (χ0n) is 14.3. The molecule has 2 amide bonds. The molecule has 0 saturated carbocycles. The topological polar surface area (TPSA) is 63.1 Å². The van der Waals surface area contributed by atoms with Crippen LogP contribution in [-0.2, 0) is 6.54 Å². The standard InChI is InChI=1S/C17H25N5OS/c1-3-15(16-18-7-10-24-16)20-17(23)21-8-5-13(6-9-21)14-11-19-22(4-2)12-14/h7,10-13,15H,3-6,8-9H2,1-2H3,(H,20,23)/t15-/m1/s1. The Kier molecular flexibility index (Phi) is 5.50. The molecule has 1 atom stereocenters. The Bertz CT molecular complexity index is 646. The van der Waals surface area contributed by atoms with Crippen molar-refractivity contribution in [1.82, 2.24) is 25.0 Å². The summed E-state index contributed by atoms with van der Waals surface area (Å²) in [6, 6.07) is 0.0396. The lowest BCUT2D eigenvalue weighted by Crippen LogP contribution is -2.45. The van der Waals surface area contributed by atoms with Gasteiger partial charge in [0.25, 0.3) is 0 Å². The molecule has 1 saturated heterocycles. The molecular weight excluding hydrogens is 322 g/mol. The fourth-order valence-corrected chi connectivity index (χ4v) is 3.94. The second-order valence-electron chi connectivity index (χ2n) is 6.17. The van der Waals surface area contributed by atoms with Crippen LogP contribution in [-0.4, -0.2) is 38.8 Å². The van der Waals surface area contributed by atoms with E-state index in [0.29, 0.717) is 5.92 Å². The van der Waals surface area contributed by atoms with E-state index in [-0.39, 0.29) is 12.1 Å². The number of hydrogen-bond donors (Lipinski definition) is 1.